The van der Waals surface area contributed by atoms with Crippen molar-refractivity contribution in [2.75, 3.05) is 17.6 Å². The number of halogens is 1. The minimum absolute atomic E-state index is 0.611. The maximum absolute atomic E-state index is 6.13. The number of nitrogen functional groups attached to an aromatic ring is 1. The van der Waals surface area contributed by atoms with E-state index in [0.717, 1.165) is 27.6 Å². The summed E-state index contributed by atoms with van der Waals surface area (Å²) >= 11 is 3.52. The highest BCUT2D eigenvalue weighted by Gasteiger charge is 2.18. The summed E-state index contributed by atoms with van der Waals surface area (Å²) in [6.45, 7) is 10.0. The largest absolute Gasteiger partial charge is 0.396 e. The lowest BCUT2D eigenvalue weighted by Crippen LogP contribution is -2.25. The van der Waals surface area contributed by atoms with E-state index in [9.17, 15) is 0 Å². The molecule has 1 heterocycles. The van der Waals surface area contributed by atoms with Crippen LogP contribution in [-0.2, 0) is 0 Å². The lowest BCUT2D eigenvalue weighted by atomic mass is 9.85. The summed E-state index contributed by atoms with van der Waals surface area (Å²) in [5, 5.41) is 4.63. The summed E-state index contributed by atoms with van der Waals surface area (Å²) in [5.74, 6) is 1.89. The van der Waals surface area contributed by atoms with E-state index >= 15 is 0 Å². The monoisotopic (exact) mass is 349 g/mol. The van der Waals surface area contributed by atoms with E-state index in [0.29, 0.717) is 23.4 Å². The van der Waals surface area contributed by atoms with Crippen LogP contribution in [0, 0.1) is 17.8 Å². The molecule has 2 aromatic rings. The molecular weight excluding hydrogens is 326 g/mol. The van der Waals surface area contributed by atoms with Crippen molar-refractivity contribution >= 4 is 38.2 Å². The van der Waals surface area contributed by atoms with E-state index in [4.69, 9.17) is 5.73 Å². The molecule has 0 saturated heterocycles. The van der Waals surface area contributed by atoms with Crippen LogP contribution >= 0.6 is 15.9 Å². The van der Waals surface area contributed by atoms with Gasteiger partial charge in [0.2, 0.25) is 0 Å². The number of anilines is 2. The van der Waals surface area contributed by atoms with Gasteiger partial charge in [-0.2, -0.15) is 0 Å². The predicted molar refractivity (Wildman–Crippen MR) is 95.5 cm³/mol. The Balaban J connectivity index is 2.33. The van der Waals surface area contributed by atoms with Gasteiger partial charge in [-0.1, -0.05) is 43.6 Å². The molecule has 1 aromatic carbocycles. The van der Waals surface area contributed by atoms with E-state index in [-0.39, 0.29) is 0 Å². The Kier molecular flexibility index (Phi) is 5.09. The number of fused-ring (bicyclic) bond motifs is 1. The molecule has 4 heteroatoms. The van der Waals surface area contributed by atoms with Crippen LogP contribution in [0.2, 0.25) is 0 Å². The first-order valence-electron chi connectivity index (χ1n) is 7.47. The number of hydrogen-bond donors (Lipinski definition) is 2. The van der Waals surface area contributed by atoms with Crippen molar-refractivity contribution in [2.24, 2.45) is 17.8 Å². The number of nitrogens with two attached hydrogens (primary N) is 1. The molecule has 0 amide bonds. The van der Waals surface area contributed by atoms with Crippen LogP contribution in [0.1, 0.15) is 27.7 Å². The van der Waals surface area contributed by atoms with Crippen molar-refractivity contribution in [3.8, 4) is 0 Å². The molecule has 3 nitrogen and oxygen atoms in total. The van der Waals surface area contributed by atoms with Crippen LogP contribution in [0.4, 0.5) is 11.4 Å². The Morgan fingerprint density at radius 3 is 2.48 bits per heavy atom. The summed E-state index contributed by atoms with van der Waals surface area (Å²) in [6.07, 6.45) is 1.73. The topological polar surface area (TPSA) is 50.9 Å². The van der Waals surface area contributed by atoms with Crippen molar-refractivity contribution in [1.29, 1.82) is 0 Å². The fraction of sp³-hybridized carbons (Fsp3) is 0.471. The molecule has 0 aliphatic rings. The van der Waals surface area contributed by atoms with Gasteiger partial charge in [0.15, 0.2) is 0 Å². The van der Waals surface area contributed by atoms with Gasteiger partial charge >= 0.3 is 0 Å². The van der Waals surface area contributed by atoms with Crippen LogP contribution in [0.15, 0.2) is 28.9 Å². The Hall–Kier alpha value is -1.29. The standard InChI is InChI=1S/C17H24BrN3/c1-10(2)14(11(3)4)8-21-17-13-7-12(18)5-6-16(13)20-9-15(17)19/h5-7,9-11,14H,8,19H2,1-4H3,(H,20,21). The Morgan fingerprint density at radius 1 is 1.19 bits per heavy atom. The lowest BCUT2D eigenvalue weighted by molar-refractivity contribution is 0.304. The highest BCUT2D eigenvalue weighted by Crippen LogP contribution is 2.31. The number of hydrogen-bond acceptors (Lipinski definition) is 3. The summed E-state index contributed by atoms with van der Waals surface area (Å²) in [4.78, 5) is 4.39. The molecule has 1 aromatic heterocycles. The lowest BCUT2D eigenvalue weighted by Gasteiger charge is -2.26. The molecule has 0 aliphatic carbocycles. The van der Waals surface area contributed by atoms with Crippen molar-refractivity contribution in [2.45, 2.75) is 27.7 Å². The van der Waals surface area contributed by atoms with Gasteiger partial charge in [0.05, 0.1) is 23.1 Å². The fourth-order valence-electron chi connectivity index (χ4n) is 2.84. The first kappa shape index (κ1) is 16.1. The second-order valence-corrected chi connectivity index (χ2v) is 7.20. The summed E-state index contributed by atoms with van der Waals surface area (Å²) < 4.78 is 1.04. The molecule has 3 N–H and O–H groups in total. The normalized spacial score (nSPS) is 11.8. The minimum atomic E-state index is 0.611. The first-order chi connectivity index (χ1) is 9.90. The molecule has 0 radical (unpaired) electrons. The van der Waals surface area contributed by atoms with Crippen molar-refractivity contribution < 1.29 is 0 Å². The van der Waals surface area contributed by atoms with Crippen LogP contribution in [0.25, 0.3) is 10.9 Å². The second-order valence-electron chi connectivity index (χ2n) is 6.28. The highest BCUT2D eigenvalue weighted by molar-refractivity contribution is 9.10. The molecule has 0 saturated carbocycles. The number of pyridine rings is 1. The molecule has 114 valence electrons. The minimum Gasteiger partial charge on any atom is -0.396 e. The predicted octanol–water partition coefficient (Wildman–Crippen LogP) is 4.92. The fourth-order valence-corrected chi connectivity index (χ4v) is 3.20. The van der Waals surface area contributed by atoms with Crippen LogP contribution in [-0.4, -0.2) is 11.5 Å². The third-order valence-corrected chi connectivity index (χ3v) is 4.58. The number of nitrogens with zero attached hydrogens (tertiary/aromatic N) is 1. The zero-order valence-corrected chi connectivity index (χ0v) is 14.7. The average Bonchev–Trinajstić information content (AvgIpc) is 2.40. The van der Waals surface area contributed by atoms with Gasteiger partial charge in [-0.05, 0) is 36.0 Å². The van der Waals surface area contributed by atoms with Gasteiger partial charge in [0.1, 0.15) is 0 Å². The zero-order valence-electron chi connectivity index (χ0n) is 13.2. The number of aromatic nitrogens is 1. The van der Waals surface area contributed by atoms with E-state index in [1.165, 1.54) is 0 Å². The van der Waals surface area contributed by atoms with Crippen molar-refractivity contribution in [1.82, 2.24) is 4.98 Å². The van der Waals surface area contributed by atoms with Crippen LogP contribution in [0.3, 0.4) is 0 Å². The quantitative estimate of drug-likeness (QED) is 0.805. The molecule has 0 aliphatic heterocycles. The molecule has 2 rings (SSSR count). The Morgan fingerprint density at radius 2 is 1.86 bits per heavy atom. The molecule has 21 heavy (non-hydrogen) atoms. The van der Waals surface area contributed by atoms with Gasteiger partial charge in [0, 0.05) is 16.4 Å². The summed E-state index contributed by atoms with van der Waals surface area (Å²) in [6, 6.07) is 6.08. The SMILES string of the molecule is CC(C)C(CNc1c(N)cnc2ccc(Br)cc12)C(C)C. The van der Waals surface area contributed by atoms with Crippen LogP contribution in [0.5, 0.6) is 0 Å². The van der Waals surface area contributed by atoms with E-state index in [1.54, 1.807) is 6.20 Å². The van der Waals surface area contributed by atoms with E-state index in [2.05, 4.69) is 60.0 Å². The van der Waals surface area contributed by atoms with Crippen LogP contribution < -0.4 is 11.1 Å². The zero-order chi connectivity index (χ0) is 15.6. The summed E-state index contributed by atoms with van der Waals surface area (Å²) in [5.41, 5.74) is 8.79. The van der Waals surface area contributed by atoms with Crippen molar-refractivity contribution in [3.05, 3.63) is 28.9 Å². The molecular formula is C17H24BrN3. The van der Waals surface area contributed by atoms with E-state index < -0.39 is 0 Å². The Labute approximate surface area is 135 Å². The maximum atomic E-state index is 6.13. The van der Waals surface area contributed by atoms with Gasteiger partial charge in [-0.25, -0.2) is 0 Å². The Bertz CT molecular complexity index is 609. The van der Waals surface area contributed by atoms with Gasteiger partial charge in [-0.3, -0.25) is 4.98 Å². The molecule has 0 spiro atoms. The molecule has 0 bridgehead atoms. The third kappa shape index (κ3) is 3.67. The summed E-state index contributed by atoms with van der Waals surface area (Å²) in [7, 11) is 0. The number of rotatable bonds is 5. The number of nitrogens with one attached hydrogen (secondary N) is 1. The molecule has 0 atom stereocenters. The number of benzene rings is 1. The third-order valence-electron chi connectivity index (χ3n) is 4.09. The average molecular weight is 350 g/mol. The molecule has 0 unspecified atom stereocenters. The van der Waals surface area contributed by atoms with E-state index in [1.807, 2.05) is 12.1 Å². The molecule has 0 fully saturated rings. The van der Waals surface area contributed by atoms with Crippen molar-refractivity contribution in [3.63, 3.8) is 0 Å². The smallest absolute Gasteiger partial charge is 0.0743 e. The highest BCUT2D eigenvalue weighted by atomic mass is 79.9. The maximum Gasteiger partial charge on any atom is 0.0743 e. The first-order valence-corrected chi connectivity index (χ1v) is 8.27. The van der Waals surface area contributed by atoms with Gasteiger partial charge in [0.25, 0.3) is 0 Å². The van der Waals surface area contributed by atoms with Gasteiger partial charge < -0.3 is 11.1 Å². The van der Waals surface area contributed by atoms with Gasteiger partial charge in [-0.15, -0.1) is 0 Å². The second kappa shape index (κ2) is 6.65.